The Morgan fingerprint density at radius 2 is 1.96 bits per heavy atom. The molecule has 1 aromatic carbocycles. The minimum Gasteiger partial charge on any atom is -0.399 e. The van der Waals surface area contributed by atoms with E-state index in [9.17, 15) is 4.39 Å². The van der Waals surface area contributed by atoms with Crippen LogP contribution in [0.25, 0.3) is 11.3 Å². The van der Waals surface area contributed by atoms with E-state index in [1.807, 2.05) is 19.1 Å². The van der Waals surface area contributed by atoms with Crippen LogP contribution >= 0.6 is 0 Å². The molecule has 27 heavy (non-hydrogen) atoms. The van der Waals surface area contributed by atoms with Crippen molar-refractivity contribution in [2.75, 3.05) is 23.8 Å². The van der Waals surface area contributed by atoms with Crippen molar-refractivity contribution in [2.24, 2.45) is 5.73 Å². The van der Waals surface area contributed by atoms with Crippen LogP contribution in [0.5, 0.6) is 0 Å². The summed E-state index contributed by atoms with van der Waals surface area (Å²) in [5.41, 5.74) is 10.8. The van der Waals surface area contributed by atoms with Crippen molar-refractivity contribution in [1.82, 2.24) is 4.98 Å². The Hall–Kier alpha value is -2.82. The summed E-state index contributed by atoms with van der Waals surface area (Å²) >= 11 is 0. The van der Waals surface area contributed by atoms with Gasteiger partial charge in [-0.25, -0.2) is 9.37 Å². The van der Waals surface area contributed by atoms with Crippen LogP contribution in [-0.2, 0) is 0 Å². The number of rotatable bonds is 8. The average molecular weight is 369 g/mol. The van der Waals surface area contributed by atoms with Gasteiger partial charge in [-0.3, -0.25) is 0 Å². The predicted molar refractivity (Wildman–Crippen MR) is 115 cm³/mol. The molecule has 0 saturated carbocycles. The number of nitrogens with two attached hydrogens (primary N) is 1. The zero-order valence-electron chi connectivity index (χ0n) is 16.7. The molecule has 0 spiro atoms. The zero-order chi connectivity index (χ0) is 20.1. The van der Waals surface area contributed by atoms with Crippen molar-refractivity contribution in [2.45, 2.75) is 33.6 Å². The highest BCUT2D eigenvalue weighted by Gasteiger charge is 2.13. The number of allylic oxidation sites excluding steroid dienone is 1. The molecule has 4 nitrogen and oxygen atoms in total. The van der Waals surface area contributed by atoms with Crippen molar-refractivity contribution in [1.29, 1.82) is 0 Å². The highest BCUT2D eigenvalue weighted by molar-refractivity contribution is 5.80. The first-order chi connectivity index (χ1) is 12.7. The van der Waals surface area contributed by atoms with E-state index < -0.39 is 5.82 Å². The van der Waals surface area contributed by atoms with Crippen molar-refractivity contribution >= 4 is 28.5 Å². The first-order valence-electron chi connectivity index (χ1n) is 9.14. The number of nitrogens with zero attached hydrogens (tertiary/aromatic N) is 2. The summed E-state index contributed by atoms with van der Waals surface area (Å²) in [4.78, 5) is 6.54. The van der Waals surface area contributed by atoms with Crippen molar-refractivity contribution < 1.29 is 4.39 Å². The van der Waals surface area contributed by atoms with Crippen LogP contribution in [0.4, 0.5) is 21.6 Å². The smallest absolute Gasteiger partial charge is 0.145 e. The molecule has 3 N–H and O–H groups in total. The van der Waals surface area contributed by atoms with Gasteiger partial charge in [-0.15, -0.1) is 0 Å². The second-order valence-electron chi connectivity index (χ2n) is 6.89. The molecule has 5 heteroatoms. The third-order valence-corrected chi connectivity index (χ3v) is 4.47. The topological polar surface area (TPSA) is 54.2 Å². The molecule has 0 amide bonds. The molecule has 1 aromatic heterocycles. The Bertz CT molecular complexity index is 858. The zero-order valence-corrected chi connectivity index (χ0v) is 16.7. The standard InChI is InChI=1S/C22H29FN4/c1-7-8-11-27(6)21-10-9-17(12-18(21)14(2)3)26-22-19(15(4)24)13-20(23)16(5)25-22/h9-10,12-13H,2,4,7-8,11,24H2,1,3,5-6H3,(H,25,26). The number of hydrogen-bond donors (Lipinski definition) is 2. The summed E-state index contributed by atoms with van der Waals surface area (Å²) in [7, 11) is 2.09. The summed E-state index contributed by atoms with van der Waals surface area (Å²) in [6.07, 6.45) is 2.28. The van der Waals surface area contributed by atoms with Gasteiger partial charge in [0, 0.05) is 41.8 Å². The largest absolute Gasteiger partial charge is 0.399 e. The van der Waals surface area contributed by atoms with Gasteiger partial charge in [-0.2, -0.15) is 0 Å². The monoisotopic (exact) mass is 368 g/mol. The van der Waals surface area contributed by atoms with E-state index in [0.29, 0.717) is 17.1 Å². The van der Waals surface area contributed by atoms with Crippen LogP contribution < -0.4 is 16.0 Å². The number of halogens is 1. The van der Waals surface area contributed by atoms with Crippen molar-refractivity contribution in [3.63, 3.8) is 0 Å². The normalized spacial score (nSPS) is 10.6. The second kappa shape index (κ2) is 8.71. The first-order valence-corrected chi connectivity index (χ1v) is 9.14. The lowest BCUT2D eigenvalue weighted by atomic mass is 10.0. The van der Waals surface area contributed by atoms with Gasteiger partial charge >= 0.3 is 0 Å². The maximum absolute atomic E-state index is 13.9. The Morgan fingerprint density at radius 3 is 2.56 bits per heavy atom. The molecule has 0 radical (unpaired) electrons. The fraction of sp³-hybridized carbons (Fsp3) is 0.318. The SMILES string of the molecule is C=C(C)c1cc(Nc2nc(C)c(F)cc2C(=C)N)ccc1N(C)CCCC. The van der Waals surface area contributed by atoms with E-state index in [1.165, 1.54) is 6.07 Å². The summed E-state index contributed by atoms with van der Waals surface area (Å²) < 4.78 is 13.9. The Balaban J connectivity index is 2.41. The second-order valence-corrected chi connectivity index (χ2v) is 6.89. The predicted octanol–water partition coefficient (Wildman–Crippen LogP) is 5.47. The molecule has 0 aliphatic carbocycles. The van der Waals surface area contributed by atoms with E-state index in [4.69, 9.17) is 5.73 Å². The number of hydrogen-bond acceptors (Lipinski definition) is 4. The Morgan fingerprint density at radius 1 is 1.26 bits per heavy atom. The minimum absolute atomic E-state index is 0.264. The fourth-order valence-electron chi connectivity index (χ4n) is 2.86. The Kier molecular flexibility index (Phi) is 6.61. The van der Waals surface area contributed by atoms with Crippen molar-refractivity contribution in [3.8, 4) is 0 Å². The van der Waals surface area contributed by atoms with Crippen LogP contribution in [-0.4, -0.2) is 18.6 Å². The van der Waals surface area contributed by atoms with Crippen LogP contribution in [0.3, 0.4) is 0 Å². The molecule has 0 unspecified atom stereocenters. The molecule has 0 atom stereocenters. The lowest BCUT2D eigenvalue weighted by Gasteiger charge is -2.23. The van der Waals surface area contributed by atoms with Gasteiger partial charge in [0.1, 0.15) is 11.6 Å². The lowest BCUT2D eigenvalue weighted by molar-refractivity contribution is 0.609. The number of aryl methyl sites for hydroxylation is 1. The third kappa shape index (κ3) is 4.88. The van der Waals surface area contributed by atoms with Crippen LogP contribution in [0.2, 0.25) is 0 Å². The molecule has 1 heterocycles. The molecule has 2 rings (SSSR count). The third-order valence-electron chi connectivity index (χ3n) is 4.47. The van der Waals surface area contributed by atoms with Gasteiger partial charge in [0.05, 0.1) is 5.69 Å². The first kappa shape index (κ1) is 20.5. The fourth-order valence-corrected chi connectivity index (χ4v) is 2.86. The molecule has 0 aliphatic rings. The van der Waals surface area contributed by atoms with Gasteiger partial charge in [0.15, 0.2) is 0 Å². The van der Waals surface area contributed by atoms with E-state index in [2.05, 4.69) is 48.4 Å². The summed E-state index contributed by atoms with van der Waals surface area (Å²) in [5, 5.41) is 3.25. The maximum atomic E-state index is 13.9. The molecule has 0 bridgehead atoms. The molecular weight excluding hydrogens is 339 g/mol. The summed E-state index contributed by atoms with van der Waals surface area (Å²) in [6, 6.07) is 7.44. The van der Waals surface area contributed by atoms with E-state index >= 15 is 0 Å². The van der Waals surface area contributed by atoms with E-state index in [-0.39, 0.29) is 5.70 Å². The Labute approximate surface area is 161 Å². The van der Waals surface area contributed by atoms with Gasteiger partial charge in [0.2, 0.25) is 0 Å². The summed E-state index contributed by atoms with van der Waals surface area (Å²) in [5.74, 6) is 0.0822. The minimum atomic E-state index is -0.405. The maximum Gasteiger partial charge on any atom is 0.145 e. The molecule has 144 valence electrons. The number of benzene rings is 1. The van der Waals surface area contributed by atoms with Gasteiger partial charge < -0.3 is 16.0 Å². The van der Waals surface area contributed by atoms with E-state index in [0.717, 1.165) is 41.9 Å². The summed E-state index contributed by atoms with van der Waals surface area (Å²) in [6.45, 7) is 14.6. The number of pyridine rings is 1. The van der Waals surface area contributed by atoms with Gasteiger partial charge in [-0.05, 0) is 50.1 Å². The molecule has 0 aliphatic heterocycles. The van der Waals surface area contributed by atoms with Gasteiger partial charge in [0.25, 0.3) is 0 Å². The van der Waals surface area contributed by atoms with Crippen molar-refractivity contribution in [3.05, 3.63) is 60.1 Å². The molecule has 0 fully saturated rings. The van der Waals surface area contributed by atoms with Crippen LogP contribution in [0.1, 0.15) is 43.5 Å². The highest BCUT2D eigenvalue weighted by Crippen LogP contribution is 2.31. The lowest BCUT2D eigenvalue weighted by Crippen LogP contribution is -2.19. The van der Waals surface area contributed by atoms with E-state index in [1.54, 1.807) is 6.92 Å². The molecule has 2 aromatic rings. The molecular formula is C22H29FN4. The average Bonchev–Trinajstić information content (AvgIpc) is 2.62. The highest BCUT2D eigenvalue weighted by atomic mass is 19.1. The number of nitrogens with one attached hydrogen (secondary N) is 1. The van der Waals surface area contributed by atoms with Crippen LogP contribution in [0, 0.1) is 12.7 Å². The molecule has 0 saturated heterocycles. The number of anilines is 3. The number of unbranched alkanes of at least 4 members (excludes halogenated alkanes) is 1. The number of aromatic nitrogens is 1. The van der Waals surface area contributed by atoms with Crippen LogP contribution in [0.15, 0.2) is 37.4 Å². The quantitative estimate of drug-likeness (QED) is 0.648. The van der Waals surface area contributed by atoms with Gasteiger partial charge in [-0.1, -0.05) is 26.5 Å².